The average molecular weight is 415 g/mol. The Morgan fingerprint density at radius 2 is 1.93 bits per heavy atom. The number of aryl methyl sites for hydroxylation is 1. The van der Waals surface area contributed by atoms with Crippen LogP contribution in [0.15, 0.2) is 78.9 Å². The second-order valence-electron chi connectivity index (χ2n) is 9.59. The Kier molecular flexibility index (Phi) is 5.88. The predicted molar refractivity (Wildman–Crippen MR) is 132 cm³/mol. The van der Waals surface area contributed by atoms with E-state index in [-0.39, 0.29) is 0 Å². The quantitative estimate of drug-likeness (QED) is 0.363. The molecule has 2 heteroatoms. The fourth-order valence-electron chi connectivity index (χ4n) is 5.87. The predicted octanol–water partition coefficient (Wildman–Crippen LogP) is 7.05. The van der Waals surface area contributed by atoms with E-state index in [9.17, 15) is 0 Å². The van der Waals surface area contributed by atoms with E-state index in [0.29, 0.717) is 12.1 Å². The first-order chi connectivity index (χ1) is 14.4. The van der Waals surface area contributed by atoms with E-state index in [1.807, 2.05) is 6.08 Å². The average Bonchev–Trinajstić information content (AvgIpc) is 3.09. The fourth-order valence-corrected chi connectivity index (χ4v) is 10.3. The van der Waals surface area contributed by atoms with Gasteiger partial charge in [0.2, 0.25) is 0 Å². The van der Waals surface area contributed by atoms with Crippen molar-refractivity contribution in [2.45, 2.75) is 45.3 Å². The lowest BCUT2D eigenvalue weighted by Gasteiger charge is -2.37. The van der Waals surface area contributed by atoms with Crippen LogP contribution < -0.4 is 9.92 Å². The van der Waals surface area contributed by atoms with Gasteiger partial charge in [0.15, 0.2) is 0 Å². The smallest absolute Gasteiger partial charge is 0.126 e. The van der Waals surface area contributed by atoms with Gasteiger partial charge in [-0.1, -0.05) is 98.4 Å². The molecular weight excluding hydrogens is 380 g/mol. The number of benzene rings is 2. The van der Waals surface area contributed by atoms with Gasteiger partial charge in [-0.2, -0.15) is 0 Å². The van der Waals surface area contributed by atoms with Crippen LogP contribution in [-0.4, -0.2) is 14.7 Å². The van der Waals surface area contributed by atoms with Crippen molar-refractivity contribution in [2.75, 3.05) is 6.61 Å². The van der Waals surface area contributed by atoms with Gasteiger partial charge in [0.05, 0.1) is 8.07 Å². The third-order valence-electron chi connectivity index (χ3n) is 7.04. The molecule has 2 aliphatic rings. The highest BCUT2D eigenvalue weighted by atomic mass is 28.3. The summed E-state index contributed by atoms with van der Waals surface area (Å²) in [6, 6.07) is 15.4. The van der Waals surface area contributed by atoms with Gasteiger partial charge in [0.25, 0.3) is 0 Å². The number of rotatable bonds is 6. The van der Waals surface area contributed by atoms with Crippen molar-refractivity contribution in [1.82, 2.24) is 0 Å². The van der Waals surface area contributed by atoms with Crippen LogP contribution in [0.4, 0.5) is 0 Å². The van der Waals surface area contributed by atoms with Crippen LogP contribution in [0.2, 0.25) is 18.6 Å². The van der Waals surface area contributed by atoms with Crippen LogP contribution in [0.25, 0.3) is 11.1 Å². The first kappa shape index (κ1) is 20.9. The van der Waals surface area contributed by atoms with E-state index < -0.39 is 8.07 Å². The Morgan fingerprint density at radius 1 is 1.17 bits per heavy atom. The van der Waals surface area contributed by atoms with Crippen LogP contribution >= 0.6 is 0 Å². The Morgan fingerprint density at radius 3 is 2.67 bits per heavy atom. The number of hydrogen-bond donors (Lipinski definition) is 0. The van der Waals surface area contributed by atoms with E-state index in [4.69, 9.17) is 4.74 Å². The number of fused-ring (bicyclic) bond motifs is 1. The maximum atomic E-state index is 6.43. The lowest BCUT2D eigenvalue weighted by molar-refractivity contribution is 0.367. The number of allylic oxidation sites excluding steroid dienone is 4. The molecule has 2 aromatic rings. The molecule has 1 saturated carbocycles. The van der Waals surface area contributed by atoms with E-state index in [1.54, 1.807) is 5.57 Å². The summed E-state index contributed by atoms with van der Waals surface area (Å²) in [4.78, 5) is 0. The van der Waals surface area contributed by atoms with Gasteiger partial charge in [-0.3, -0.25) is 0 Å². The van der Waals surface area contributed by atoms with Crippen molar-refractivity contribution >= 4 is 13.3 Å². The van der Waals surface area contributed by atoms with Gasteiger partial charge < -0.3 is 4.74 Å². The van der Waals surface area contributed by atoms with Gasteiger partial charge in [-0.25, -0.2) is 0 Å². The Labute approximate surface area is 183 Å². The Hall–Kier alpha value is -2.32. The molecule has 0 heterocycles. The molecule has 0 radical (unpaired) electrons. The van der Waals surface area contributed by atoms with E-state index >= 15 is 0 Å². The number of ether oxygens (including phenoxy) is 1. The zero-order valence-electron chi connectivity index (χ0n) is 18.8. The summed E-state index contributed by atoms with van der Waals surface area (Å²) in [6.45, 7) is 14.2. The van der Waals surface area contributed by atoms with Gasteiger partial charge in [-0.05, 0) is 54.0 Å². The van der Waals surface area contributed by atoms with Gasteiger partial charge in [0.1, 0.15) is 12.4 Å². The molecule has 1 fully saturated rings. The summed E-state index contributed by atoms with van der Waals surface area (Å²) < 4.78 is 6.43. The van der Waals surface area contributed by atoms with Gasteiger partial charge >= 0.3 is 0 Å². The van der Waals surface area contributed by atoms with Crippen molar-refractivity contribution in [1.29, 1.82) is 0 Å². The molecule has 2 aromatic carbocycles. The van der Waals surface area contributed by atoms with Crippen LogP contribution in [0.1, 0.15) is 25.3 Å². The van der Waals surface area contributed by atoms with Crippen molar-refractivity contribution in [3.05, 3.63) is 84.5 Å². The molecule has 2 aliphatic carbocycles. The van der Waals surface area contributed by atoms with Crippen LogP contribution in [-0.2, 0) is 0 Å². The minimum Gasteiger partial charge on any atom is -0.489 e. The van der Waals surface area contributed by atoms with Crippen molar-refractivity contribution in [3.8, 4) is 16.9 Å². The topological polar surface area (TPSA) is 9.23 Å². The van der Waals surface area contributed by atoms with E-state index in [1.165, 1.54) is 34.7 Å². The zero-order valence-corrected chi connectivity index (χ0v) is 19.8. The highest BCUT2D eigenvalue weighted by molar-refractivity contribution is 6.92. The molecule has 0 aliphatic heterocycles. The second-order valence-corrected chi connectivity index (χ2v) is 14.2. The lowest BCUT2D eigenvalue weighted by atomic mass is 9.94. The van der Waals surface area contributed by atoms with Crippen LogP contribution in [0.5, 0.6) is 5.75 Å². The minimum absolute atomic E-state index is 0.536. The van der Waals surface area contributed by atoms with Crippen molar-refractivity contribution in [2.24, 2.45) is 11.8 Å². The zero-order chi connectivity index (χ0) is 21.3. The normalized spacial score (nSPS) is 23.1. The summed E-state index contributed by atoms with van der Waals surface area (Å²) >= 11 is 0. The van der Waals surface area contributed by atoms with Crippen molar-refractivity contribution in [3.63, 3.8) is 0 Å². The molecule has 0 spiro atoms. The van der Waals surface area contributed by atoms with E-state index in [2.05, 4.69) is 94.2 Å². The van der Waals surface area contributed by atoms with Gasteiger partial charge in [-0.15, -0.1) is 0 Å². The van der Waals surface area contributed by atoms with E-state index in [0.717, 1.165) is 17.6 Å². The molecule has 0 amide bonds. The van der Waals surface area contributed by atoms with Crippen molar-refractivity contribution < 1.29 is 4.74 Å². The molecule has 156 valence electrons. The highest BCUT2D eigenvalue weighted by Gasteiger charge is 2.47. The summed E-state index contributed by atoms with van der Waals surface area (Å²) in [5.41, 5.74) is 6.11. The molecule has 0 saturated heterocycles. The molecule has 4 rings (SSSR count). The standard InChI is InChI=1S/C28H34OSi/c1-6-16-29-27-25(22-12-8-7-9-13-22)17-20(2)18-26(27)30(4,5)28-21(3)19-23-14-10-11-15-24(23)28/h6-13,15,17-18,21,23,28H,1,14,16,19H2,2-5H3. The first-order valence-corrected chi connectivity index (χ1v) is 14.3. The molecule has 3 atom stereocenters. The Bertz CT molecular complexity index is 983. The fraction of sp³-hybridized carbons (Fsp3) is 0.357. The first-order valence-electron chi connectivity index (χ1n) is 11.2. The molecule has 0 bridgehead atoms. The molecular formula is C28H34OSi. The largest absolute Gasteiger partial charge is 0.489 e. The maximum Gasteiger partial charge on any atom is 0.126 e. The second kappa shape index (κ2) is 8.43. The minimum atomic E-state index is -1.87. The lowest BCUT2D eigenvalue weighted by Crippen LogP contribution is -2.48. The van der Waals surface area contributed by atoms with Gasteiger partial charge in [0, 0.05) is 5.56 Å². The Balaban J connectivity index is 1.88. The third-order valence-corrected chi connectivity index (χ3v) is 11.3. The number of hydrogen-bond acceptors (Lipinski definition) is 1. The summed E-state index contributed by atoms with van der Waals surface area (Å²) in [5, 5.41) is 1.45. The highest BCUT2D eigenvalue weighted by Crippen LogP contribution is 2.53. The third kappa shape index (κ3) is 3.74. The van der Waals surface area contributed by atoms with Crippen LogP contribution in [0.3, 0.4) is 0 Å². The maximum absolute atomic E-state index is 6.43. The summed E-state index contributed by atoms with van der Waals surface area (Å²) in [7, 11) is -1.87. The molecule has 30 heavy (non-hydrogen) atoms. The summed E-state index contributed by atoms with van der Waals surface area (Å²) in [6.07, 6.45) is 11.4. The molecule has 1 nitrogen and oxygen atoms in total. The monoisotopic (exact) mass is 414 g/mol. The SMILES string of the molecule is C=CCOc1c(-c2ccccc2)cc(C)cc1[Si](C)(C)C1C2=CC=CCC2CC1C. The van der Waals surface area contributed by atoms with Crippen LogP contribution in [0, 0.1) is 18.8 Å². The molecule has 3 unspecified atom stereocenters. The molecule has 0 aromatic heterocycles. The summed E-state index contributed by atoms with van der Waals surface area (Å²) in [5.74, 6) is 2.53. The molecule has 0 N–H and O–H groups in total.